The summed E-state index contributed by atoms with van der Waals surface area (Å²) in [4.78, 5) is 4.99. The van der Waals surface area contributed by atoms with Gasteiger partial charge in [0.25, 0.3) is 0 Å². The smallest absolute Gasteiger partial charge is 0.179 e. The molecular weight excluding hydrogens is 1220 g/mol. The van der Waals surface area contributed by atoms with Crippen molar-refractivity contribution < 1.29 is 8.83 Å². The van der Waals surface area contributed by atoms with E-state index in [1.807, 2.05) is 0 Å². The van der Waals surface area contributed by atoms with E-state index in [0.717, 1.165) is 77.8 Å². The Kier molecular flexibility index (Phi) is 13.0. The molecule has 0 unspecified atom stereocenters. The Labute approximate surface area is 572 Å². The second kappa shape index (κ2) is 22.0. The van der Waals surface area contributed by atoms with Gasteiger partial charge in [-0.3, -0.25) is 0 Å². The lowest BCUT2D eigenvalue weighted by molar-refractivity contribution is 0.601. The summed E-state index contributed by atoms with van der Waals surface area (Å²) in [5.74, 6) is 0. The summed E-state index contributed by atoms with van der Waals surface area (Å²) < 4.78 is 15.0. The summed E-state index contributed by atoms with van der Waals surface area (Å²) in [6.45, 7) is 9.52. The highest BCUT2D eigenvalue weighted by molar-refractivity contribution is 7.20. The Hall–Kier alpha value is -11.5. The number of fused-ring (bicyclic) bond motifs is 14. The summed E-state index contributed by atoms with van der Waals surface area (Å²) in [6.07, 6.45) is 0. The first-order valence-electron chi connectivity index (χ1n) is 34.2. The Balaban J connectivity index is 0.773. The molecular formula is C92H68N2O2Si2. The van der Waals surface area contributed by atoms with Gasteiger partial charge in [0.1, 0.15) is 22.3 Å². The van der Waals surface area contributed by atoms with Crippen molar-refractivity contribution >= 4 is 157 Å². The van der Waals surface area contributed by atoms with Crippen molar-refractivity contribution in [3.05, 3.63) is 362 Å². The molecule has 6 heteroatoms. The molecule has 0 atom stereocenters. The molecule has 466 valence electrons. The number of furan rings is 2. The molecule has 0 saturated heterocycles. The van der Waals surface area contributed by atoms with Gasteiger partial charge in [0.15, 0.2) is 16.1 Å². The zero-order valence-electron chi connectivity index (χ0n) is 55.0. The maximum Gasteiger partial charge on any atom is 0.179 e. The highest BCUT2D eigenvalue weighted by atomic mass is 28.3. The highest BCUT2D eigenvalue weighted by Crippen LogP contribution is 2.58. The van der Waals surface area contributed by atoms with Gasteiger partial charge in [0.05, 0.1) is 22.7 Å². The predicted molar refractivity (Wildman–Crippen MR) is 417 cm³/mol. The molecule has 15 aromatic carbocycles. The van der Waals surface area contributed by atoms with E-state index in [9.17, 15) is 0 Å². The van der Waals surface area contributed by atoms with Crippen LogP contribution in [0.2, 0.25) is 0 Å². The monoisotopic (exact) mass is 1290 g/mol. The summed E-state index contributed by atoms with van der Waals surface area (Å²) in [5, 5.41) is 19.8. The van der Waals surface area contributed by atoms with Crippen molar-refractivity contribution in [1.29, 1.82) is 0 Å². The van der Waals surface area contributed by atoms with Crippen LogP contribution < -0.4 is 51.3 Å². The number of anilines is 6. The lowest BCUT2D eigenvalue weighted by Crippen LogP contribution is -2.74. The lowest BCUT2D eigenvalue weighted by Gasteiger charge is -2.42. The third kappa shape index (κ3) is 8.41. The Morgan fingerprint density at radius 3 is 0.806 bits per heavy atom. The van der Waals surface area contributed by atoms with Crippen molar-refractivity contribution in [2.45, 2.75) is 38.5 Å². The van der Waals surface area contributed by atoms with E-state index >= 15 is 0 Å². The van der Waals surface area contributed by atoms with Gasteiger partial charge in [0, 0.05) is 54.9 Å². The van der Waals surface area contributed by atoms with Crippen LogP contribution in [-0.2, 0) is 10.8 Å². The van der Waals surface area contributed by atoms with Crippen LogP contribution in [0.3, 0.4) is 0 Å². The standard InChI is InChI=1S/C92H68N2O2Si2/c1-91(2)79-55-61-27-23-25-29-63(61)57-83(79)93(65-43-47-73(48-44-65)97(67-31-11-5-12-32-67,68-33-13-6-14-34-68)69-35-15-7-16-36-69)81-53-51-75-77-59-86-78(60-85(77)95-89(75)87(81)91)76-52-54-82-88(90(76)96-86)92(3,4)80-56-62-28-24-26-30-64(62)58-84(80)94(82)66-45-49-74(50-46-66)98(70-37-17-8-18-38-70,71-39-19-9-20-40-71)72-41-21-10-22-42-72/h5-60H,1-4H3. The minimum atomic E-state index is -2.80. The van der Waals surface area contributed by atoms with Crippen molar-refractivity contribution in [3.8, 4) is 0 Å². The van der Waals surface area contributed by atoms with Crippen LogP contribution in [-0.4, -0.2) is 16.1 Å². The van der Waals surface area contributed by atoms with Gasteiger partial charge >= 0.3 is 0 Å². The Bertz CT molecular complexity index is 5410. The third-order valence-electron chi connectivity index (χ3n) is 22.0. The van der Waals surface area contributed by atoms with Crippen molar-refractivity contribution in [2.75, 3.05) is 9.80 Å². The molecule has 19 rings (SSSR count). The second-order valence-corrected chi connectivity index (χ2v) is 35.5. The van der Waals surface area contributed by atoms with Gasteiger partial charge in [-0.2, -0.15) is 0 Å². The molecule has 2 aliphatic rings. The summed E-state index contributed by atoms with van der Waals surface area (Å²) in [5.41, 5.74) is 14.1. The van der Waals surface area contributed by atoms with Gasteiger partial charge in [-0.15, -0.1) is 0 Å². The zero-order chi connectivity index (χ0) is 65.5. The Morgan fingerprint density at radius 2 is 0.510 bits per heavy atom. The summed E-state index contributed by atoms with van der Waals surface area (Å²) in [7, 11) is -5.59. The van der Waals surface area contributed by atoms with Crippen molar-refractivity contribution in [3.63, 3.8) is 0 Å². The maximum atomic E-state index is 7.48. The predicted octanol–water partition coefficient (Wildman–Crippen LogP) is 18.8. The molecule has 0 radical (unpaired) electrons. The minimum absolute atomic E-state index is 0.463. The molecule has 0 saturated carbocycles. The van der Waals surface area contributed by atoms with Gasteiger partial charge in [-0.05, 0) is 159 Å². The second-order valence-electron chi connectivity index (χ2n) is 27.9. The molecule has 4 heterocycles. The van der Waals surface area contributed by atoms with Crippen LogP contribution in [0, 0.1) is 0 Å². The first kappa shape index (κ1) is 57.9. The topological polar surface area (TPSA) is 32.8 Å². The molecule has 0 fully saturated rings. The third-order valence-corrected chi connectivity index (χ3v) is 31.6. The van der Waals surface area contributed by atoms with Crippen molar-refractivity contribution in [2.24, 2.45) is 0 Å². The van der Waals surface area contributed by atoms with E-state index in [4.69, 9.17) is 8.83 Å². The number of hydrogen-bond acceptors (Lipinski definition) is 4. The van der Waals surface area contributed by atoms with E-state index < -0.39 is 27.0 Å². The van der Waals surface area contributed by atoms with Gasteiger partial charge in [0.2, 0.25) is 0 Å². The zero-order valence-corrected chi connectivity index (χ0v) is 57.0. The molecule has 4 nitrogen and oxygen atoms in total. The Morgan fingerprint density at radius 1 is 0.245 bits per heavy atom. The van der Waals surface area contributed by atoms with E-state index in [1.165, 1.54) is 85.5 Å². The number of nitrogens with zero attached hydrogens (tertiary/aromatic N) is 2. The first-order chi connectivity index (χ1) is 48.1. The average molecular weight is 1290 g/mol. The SMILES string of the molecule is CC1(C)c2cc3ccccc3cc2N(c2ccc([Si](c3ccccc3)(c3ccccc3)c3ccccc3)cc2)c2ccc3c(oc4cc5c(cc43)oc3c4c(ccc35)N(c3ccc([Si](c5ccccc5)(c5ccccc5)c5ccccc5)cc3)c3cc5ccccc5cc3C4(C)C)c21. The molecule has 98 heavy (non-hydrogen) atoms. The molecule has 2 aromatic heterocycles. The number of rotatable bonds is 10. The van der Waals surface area contributed by atoms with Gasteiger partial charge < -0.3 is 18.6 Å². The largest absolute Gasteiger partial charge is 0.456 e. The van der Waals surface area contributed by atoms with E-state index in [0.29, 0.717) is 0 Å². The van der Waals surface area contributed by atoms with E-state index in [-0.39, 0.29) is 0 Å². The fourth-order valence-electron chi connectivity index (χ4n) is 17.5. The van der Waals surface area contributed by atoms with Crippen LogP contribution in [0.4, 0.5) is 34.1 Å². The summed E-state index contributed by atoms with van der Waals surface area (Å²) in [6, 6.07) is 127. The molecule has 17 aromatic rings. The molecule has 2 aliphatic heterocycles. The summed E-state index contributed by atoms with van der Waals surface area (Å²) >= 11 is 0. The molecule has 0 spiro atoms. The maximum absolute atomic E-state index is 7.48. The quantitative estimate of drug-likeness (QED) is 0.101. The molecule has 0 bridgehead atoms. The molecule has 0 N–H and O–H groups in total. The van der Waals surface area contributed by atoms with Crippen LogP contribution in [0.1, 0.15) is 49.9 Å². The average Bonchev–Trinajstić information content (AvgIpc) is 1.34. The lowest BCUT2D eigenvalue weighted by atomic mass is 9.72. The minimum Gasteiger partial charge on any atom is -0.456 e. The number of hydrogen-bond donors (Lipinski definition) is 0. The van der Waals surface area contributed by atoms with Crippen LogP contribution in [0.5, 0.6) is 0 Å². The van der Waals surface area contributed by atoms with E-state index in [1.54, 1.807) is 0 Å². The van der Waals surface area contributed by atoms with Crippen LogP contribution >= 0.6 is 0 Å². The van der Waals surface area contributed by atoms with Crippen LogP contribution in [0.15, 0.2) is 349 Å². The first-order valence-corrected chi connectivity index (χ1v) is 38.2. The normalized spacial score (nSPS) is 14.0. The van der Waals surface area contributed by atoms with Crippen LogP contribution in [0.25, 0.3) is 65.4 Å². The fourth-order valence-corrected chi connectivity index (χ4v) is 27.0. The fraction of sp³-hybridized carbons (Fsp3) is 0.0652. The van der Waals surface area contributed by atoms with Gasteiger partial charge in [-0.25, -0.2) is 0 Å². The highest BCUT2D eigenvalue weighted by Gasteiger charge is 2.46. The van der Waals surface area contributed by atoms with E-state index in [2.05, 4.69) is 377 Å². The molecule has 0 amide bonds. The molecule has 0 aliphatic carbocycles. The van der Waals surface area contributed by atoms with Crippen molar-refractivity contribution in [1.82, 2.24) is 0 Å². The van der Waals surface area contributed by atoms with Gasteiger partial charge in [-0.1, -0.05) is 282 Å². The number of benzene rings is 15.